The molecule has 1 nitrogen and oxygen atoms in total. The van der Waals surface area contributed by atoms with Crippen LogP contribution in [0.3, 0.4) is 0 Å². The fraction of sp³-hybridized carbons (Fsp3) is 0.391. The van der Waals surface area contributed by atoms with Gasteiger partial charge in [-0.05, 0) is 91.1 Å². The van der Waals surface area contributed by atoms with E-state index < -0.39 is 5.82 Å². The van der Waals surface area contributed by atoms with Gasteiger partial charge in [-0.3, -0.25) is 0 Å². The van der Waals surface area contributed by atoms with E-state index in [9.17, 15) is 13.9 Å². The zero-order chi connectivity index (χ0) is 19.2. The molecule has 0 amide bonds. The molecular weight excluding hydrogens is 410 g/mol. The van der Waals surface area contributed by atoms with E-state index in [2.05, 4.69) is 15.9 Å². The number of phenols is 1. The SMILES string of the molecule is Oc1ccc2c(c1)CCCC(c1cc(F)ccc1F)=C2CCCCCCBr. The number of aryl methyl sites for hydroxylation is 1. The lowest BCUT2D eigenvalue weighted by molar-refractivity contribution is 0.474. The third kappa shape index (κ3) is 4.98. The maximum Gasteiger partial charge on any atom is 0.130 e. The number of hydrogen-bond donors (Lipinski definition) is 1. The highest BCUT2D eigenvalue weighted by molar-refractivity contribution is 9.09. The summed E-state index contributed by atoms with van der Waals surface area (Å²) in [6.45, 7) is 0. The highest BCUT2D eigenvalue weighted by Gasteiger charge is 2.21. The predicted molar refractivity (Wildman–Crippen MR) is 111 cm³/mol. The first-order chi connectivity index (χ1) is 13.1. The quantitative estimate of drug-likeness (QED) is 0.358. The van der Waals surface area contributed by atoms with Gasteiger partial charge in [0, 0.05) is 10.9 Å². The van der Waals surface area contributed by atoms with Gasteiger partial charge in [0.1, 0.15) is 17.4 Å². The first kappa shape index (κ1) is 20.1. The molecule has 0 aromatic heterocycles. The van der Waals surface area contributed by atoms with Gasteiger partial charge >= 0.3 is 0 Å². The molecule has 1 N–H and O–H groups in total. The number of allylic oxidation sites excluding steroid dienone is 2. The van der Waals surface area contributed by atoms with E-state index in [1.165, 1.54) is 18.2 Å². The largest absolute Gasteiger partial charge is 0.508 e. The van der Waals surface area contributed by atoms with Gasteiger partial charge in [-0.25, -0.2) is 8.78 Å². The van der Waals surface area contributed by atoms with Crippen molar-refractivity contribution >= 4 is 27.1 Å². The second-order valence-electron chi connectivity index (χ2n) is 7.13. The number of aromatic hydroxyl groups is 1. The lowest BCUT2D eigenvalue weighted by atomic mass is 9.88. The molecule has 0 aliphatic heterocycles. The van der Waals surface area contributed by atoms with Gasteiger partial charge in [-0.2, -0.15) is 0 Å². The molecule has 0 saturated heterocycles. The summed E-state index contributed by atoms with van der Waals surface area (Å²) in [6, 6.07) is 9.14. The minimum absolute atomic E-state index is 0.255. The van der Waals surface area contributed by atoms with Crippen LogP contribution < -0.4 is 0 Å². The number of unbranched alkanes of at least 4 members (excludes halogenated alkanes) is 3. The number of hydrogen-bond acceptors (Lipinski definition) is 1. The Labute approximate surface area is 168 Å². The van der Waals surface area contributed by atoms with Crippen LogP contribution in [0.2, 0.25) is 0 Å². The molecule has 0 unspecified atom stereocenters. The van der Waals surface area contributed by atoms with Gasteiger partial charge < -0.3 is 5.11 Å². The molecular formula is C23H25BrF2O. The van der Waals surface area contributed by atoms with Crippen molar-refractivity contribution in [3.8, 4) is 5.75 Å². The summed E-state index contributed by atoms with van der Waals surface area (Å²) < 4.78 is 28.4. The third-order valence-electron chi connectivity index (χ3n) is 5.22. The van der Waals surface area contributed by atoms with Crippen LogP contribution in [0.15, 0.2) is 36.4 Å². The smallest absolute Gasteiger partial charge is 0.130 e. The summed E-state index contributed by atoms with van der Waals surface area (Å²) in [5, 5.41) is 10.9. The van der Waals surface area contributed by atoms with E-state index in [1.54, 1.807) is 6.07 Å². The molecule has 144 valence electrons. The zero-order valence-corrected chi connectivity index (χ0v) is 17.0. The molecule has 0 radical (unpaired) electrons. The van der Waals surface area contributed by atoms with Crippen molar-refractivity contribution in [1.82, 2.24) is 0 Å². The summed E-state index contributed by atoms with van der Waals surface area (Å²) in [7, 11) is 0. The highest BCUT2D eigenvalue weighted by atomic mass is 79.9. The second kappa shape index (κ2) is 9.50. The molecule has 1 aliphatic rings. The molecule has 3 rings (SSSR count). The monoisotopic (exact) mass is 434 g/mol. The first-order valence-electron chi connectivity index (χ1n) is 9.66. The van der Waals surface area contributed by atoms with Crippen LogP contribution in [0.5, 0.6) is 5.75 Å². The molecule has 1 aliphatic carbocycles. The Kier molecular flexibility index (Phi) is 7.06. The topological polar surface area (TPSA) is 20.2 Å². The summed E-state index contributed by atoms with van der Waals surface area (Å²) in [4.78, 5) is 0. The van der Waals surface area contributed by atoms with E-state index >= 15 is 0 Å². The van der Waals surface area contributed by atoms with Crippen molar-refractivity contribution in [2.45, 2.75) is 51.4 Å². The van der Waals surface area contributed by atoms with Gasteiger partial charge in [-0.1, -0.05) is 34.8 Å². The number of halogens is 3. The Bertz CT molecular complexity index is 829. The minimum atomic E-state index is -0.411. The molecule has 4 heteroatoms. The predicted octanol–water partition coefficient (Wildman–Crippen LogP) is 7.26. The third-order valence-corrected chi connectivity index (χ3v) is 5.78. The molecule has 27 heavy (non-hydrogen) atoms. The van der Waals surface area contributed by atoms with Crippen molar-refractivity contribution < 1.29 is 13.9 Å². The maximum atomic E-state index is 14.5. The van der Waals surface area contributed by atoms with E-state index in [4.69, 9.17) is 0 Å². The zero-order valence-electron chi connectivity index (χ0n) is 15.4. The summed E-state index contributed by atoms with van der Waals surface area (Å²) >= 11 is 3.46. The van der Waals surface area contributed by atoms with Crippen LogP contribution in [0.4, 0.5) is 8.78 Å². The van der Waals surface area contributed by atoms with E-state index in [1.807, 2.05) is 12.1 Å². The fourth-order valence-corrected chi connectivity index (χ4v) is 4.31. The lowest BCUT2D eigenvalue weighted by Crippen LogP contribution is -1.97. The van der Waals surface area contributed by atoms with Crippen LogP contribution in [0.25, 0.3) is 11.1 Å². The van der Waals surface area contributed by atoms with Crippen molar-refractivity contribution in [2.24, 2.45) is 0 Å². The fourth-order valence-electron chi connectivity index (χ4n) is 3.91. The van der Waals surface area contributed by atoms with Crippen molar-refractivity contribution in [2.75, 3.05) is 5.33 Å². The molecule has 0 bridgehead atoms. The summed E-state index contributed by atoms with van der Waals surface area (Å²) in [5.74, 6) is -0.526. The number of fused-ring (bicyclic) bond motifs is 1. The Balaban J connectivity index is 2.03. The second-order valence-corrected chi connectivity index (χ2v) is 7.92. The Hall–Kier alpha value is -1.68. The van der Waals surface area contributed by atoms with E-state index in [0.717, 1.165) is 72.5 Å². The molecule has 0 atom stereocenters. The van der Waals surface area contributed by atoms with Crippen molar-refractivity contribution in [1.29, 1.82) is 0 Å². The molecule has 0 fully saturated rings. The average molecular weight is 435 g/mol. The van der Waals surface area contributed by atoms with Crippen LogP contribution in [0.1, 0.15) is 61.6 Å². The van der Waals surface area contributed by atoms with Crippen molar-refractivity contribution in [3.63, 3.8) is 0 Å². The lowest BCUT2D eigenvalue weighted by Gasteiger charge is -2.17. The van der Waals surface area contributed by atoms with E-state index in [0.29, 0.717) is 12.0 Å². The van der Waals surface area contributed by atoms with Crippen molar-refractivity contribution in [3.05, 3.63) is 64.7 Å². The van der Waals surface area contributed by atoms with Crippen LogP contribution in [0, 0.1) is 11.6 Å². The van der Waals surface area contributed by atoms with Crippen LogP contribution in [-0.4, -0.2) is 10.4 Å². The number of phenolic OH excluding ortho intramolecular Hbond substituents is 1. The number of benzene rings is 2. The van der Waals surface area contributed by atoms with Gasteiger partial charge in [-0.15, -0.1) is 0 Å². The van der Waals surface area contributed by atoms with Gasteiger partial charge in [0.2, 0.25) is 0 Å². The average Bonchev–Trinajstić information content (AvgIpc) is 2.82. The molecule has 0 saturated carbocycles. The Morgan fingerprint density at radius 3 is 2.52 bits per heavy atom. The minimum Gasteiger partial charge on any atom is -0.508 e. The molecule has 0 spiro atoms. The normalized spacial score (nSPS) is 14.2. The molecule has 0 heterocycles. The van der Waals surface area contributed by atoms with Gasteiger partial charge in [0.05, 0.1) is 0 Å². The van der Waals surface area contributed by atoms with E-state index in [-0.39, 0.29) is 11.6 Å². The first-order valence-corrected chi connectivity index (χ1v) is 10.8. The number of alkyl halides is 1. The Morgan fingerprint density at radius 1 is 0.889 bits per heavy atom. The molecule has 2 aromatic rings. The van der Waals surface area contributed by atoms with Gasteiger partial charge in [0.15, 0.2) is 0 Å². The Morgan fingerprint density at radius 2 is 1.70 bits per heavy atom. The van der Waals surface area contributed by atoms with Crippen LogP contribution in [-0.2, 0) is 6.42 Å². The van der Waals surface area contributed by atoms with Crippen LogP contribution >= 0.6 is 15.9 Å². The highest BCUT2D eigenvalue weighted by Crippen LogP contribution is 2.40. The maximum absolute atomic E-state index is 14.5. The summed E-state index contributed by atoms with van der Waals surface area (Å²) in [5.41, 5.74) is 4.57. The number of rotatable bonds is 7. The molecule has 2 aromatic carbocycles. The summed E-state index contributed by atoms with van der Waals surface area (Å²) in [6.07, 6.45) is 7.67. The van der Waals surface area contributed by atoms with Gasteiger partial charge in [0.25, 0.3) is 0 Å². The standard InChI is InChI=1S/C23H25BrF2O/c24-13-4-2-1-3-7-20-19-11-10-18(27)14-16(19)6-5-8-21(20)22-15-17(25)9-12-23(22)26/h9-12,14-15,27H,1-8,13H2.